The molecule has 0 saturated heterocycles. The van der Waals surface area contributed by atoms with Gasteiger partial charge in [-0.1, -0.05) is 18.2 Å². The number of aromatic nitrogens is 2. The lowest BCUT2D eigenvalue weighted by molar-refractivity contribution is 0.415. The predicted octanol–water partition coefficient (Wildman–Crippen LogP) is 4.21. The van der Waals surface area contributed by atoms with E-state index in [2.05, 4.69) is 4.98 Å². The molecule has 100 valence electrons. The number of H-pyrrole nitrogens is 1. The van der Waals surface area contributed by atoms with Crippen molar-refractivity contribution in [3.05, 3.63) is 65.6 Å². The van der Waals surface area contributed by atoms with E-state index in [0.29, 0.717) is 4.77 Å². The lowest BCUT2D eigenvalue weighted by Gasteiger charge is -2.01. The zero-order valence-electron chi connectivity index (χ0n) is 11.0. The molecule has 0 radical (unpaired) electrons. The molecule has 1 aromatic heterocycles. The lowest BCUT2D eigenvalue weighted by Crippen LogP contribution is -1.90. The van der Waals surface area contributed by atoms with E-state index in [1.807, 2.05) is 65.4 Å². The minimum Gasteiger partial charge on any atom is -0.497 e. The van der Waals surface area contributed by atoms with Crippen molar-refractivity contribution in [3.8, 4) is 22.7 Å². The van der Waals surface area contributed by atoms with E-state index in [9.17, 15) is 0 Å². The van der Waals surface area contributed by atoms with Gasteiger partial charge in [0.25, 0.3) is 0 Å². The van der Waals surface area contributed by atoms with Crippen LogP contribution >= 0.6 is 12.2 Å². The molecule has 3 rings (SSSR count). The summed E-state index contributed by atoms with van der Waals surface area (Å²) in [5.74, 6) is 0.842. The van der Waals surface area contributed by atoms with Crippen molar-refractivity contribution in [2.24, 2.45) is 0 Å². The molecular formula is C16H14N2OS. The highest BCUT2D eigenvalue weighted by molar-refractivity contribution is 7.71. The van der Waals surface area contributed by atoms with E-state index >= 15 is 0 Å². The van der Waals surface area contributed by atoms with Crippen molar-refractivity contribution in [1.82, 2.24) is 9.55 Å². The smallest absolute Gasteiger partial charge is 0.182 e. The number of nitrogens with zero attached hydrogens (tertiary/aromatic N) is 1. The first-order valence-corrected chi connectivity index (χ1v) is 6.70. The van der Waals surface area contributed by atoms with E-state index in [4.69, 9.17) is 17.0 Å². The SMILES string of the molecule is COc1ccc(-c2cn(-c3ccccc3)c(=S)[nH]2)cc1. The van der Waals surface area contributed by atoms with Crippen LogP contribution in [0, 0.1) is 4.77 Å². The third kappa shape index (κ3) is 2.38. The first-order valence-electron chi connectivity index (χ1n) is 6.29. The minimum absolute atomic E-state index is 0.682. The van der Waals surface area contributed by atoms with Gasteiger partial charge >= 0.3 is 0 Å². The summed E-state index contributed by atoms with van der Waals surface area (Å²) in [6.07, 6.45) is 2.01. The maximum Gasteiger partial charge on any atom is 0.182 e. The van der Waals surface area contributed by atoms with Gasteiger partial charge in [0.15, 0.2) is 4.77 Å². The molecule has 3 nitrogen and oxygen atoms in total. The zero-order valence-corrected chi connectivity index (χ0v) is 11.9. The number of ether oxygens (including phenoxy) is 1. The number of rotatable bonds is 3. The molecule has 1 N–H and O–H groups in total. The molecule has 20 heavy (non-hydrogen) atoms. The molecule has 0 bridgehead atoms. The van der Waals surface area contributed by atoms with Crippen molar-refractivity contribution in [1.29, 1.82) is 0 Å². The highest BCUT2D eigenvalue weighted by Crippen LogP contribution is 2.22. The maximum absolute atomic E-state index is 5.39. The summed E-state index contributed by atoms with van der Waals surface area (Å²) < 4.78 is 7.82. The summed E-state index contributed by atoms with van der Waals surface area (Å²) in [6, 6.07) is 17.9. The number of imidazole rings is 1. The topological polar surface area (TPSA) is 29.9 Å². The molecule has 3 aromatic rings. The fourth-order valence-electron chi connectivity index (χ4n) is 2.09. The summed E-state index contributed by atoms with van der Waals surface area (Å²) in [6.45, 7) is 0. The summed E-state index contributed by atoms with van der Waals surface area (Å²) in [5, 5.41) is 0. The van der Waals surface area contributed by atoms with Crippen molar-refractivity contribution in [2.75, 3.05) is 7.11 Å². The molecular weight excluding hydrogens is 268 g/mol. The van der Waals surface area contributed by atoms with Gasteiger partial charge in [-0.25, -0.2) is 0 Å². The normalized spacial score (nSPS) is 10.4. The van der Waals surface area contributed by atoms with Gasteiger partial charge in [-0.2, -0.15) is 0 Å². The monoisotopic (exact) mass is 282 g/mol. The maximum atomic E-state index is 5.39. The Hall–Kier alpha value is -2.33. The molecule has 0 saturated carbocycles. The van der Waals surface area contributed by atoms with Gasteiger partial charge in [0.05, 0.1) is 12.8 Å². The largest absolute Gasteiger partial charge is 0.497 e. The summed E-state index contributed by atoms with van der Waals surface area (Å²) in [5.41, 5.74) is 3.11. The second-order valence-electron chi connectivity index (χ2n) is 4.41. The molecule has 0 amide bonds. The number of nitrogens with one attached hydrogen (secondary N) is 1. The molecule has 0 aliphatic heterocycles. The number of para-hydroxylation sites is 1. The van der Waals surface area contributed by atoms with Crippen LogP contribution in [0.5, 0.6) is 5.75 Å². The van der Waals surface area contributed by atoms with Crippen LogP contribution in [0.25, 0.3) is 16.9 Å². The van der Waals surface area contributed by atoms with Crippen LogP contribution < -0.4 is 4.74 Å². The molecule has 4 heteroatoms. The predicted molar refractivity (Wildman–Crippen MR) is 82.9 cm³/mol. The molecule has 2 aromatic carbocycles. The molecule has 1 heterocycles. The van der Waals surface area contributed by atoms with Crippen molar-refractivity contribution in [2.45, 2.75) is 0 Å². The van der Waals surface area contributed by atoms with Crippen molar-refractivity contribution < 1.29 is 4.74 Å². The van der Waals surface area contributed by atoms with Crippen LogP contribution in [-0.4, -0.2) is 16.7 Å². The Balaban J connectivity index is 2.02. The molecule has 0 atom stereocenters. The minimum atomic E-state index is 0.682. The third-order valence-corrected chi connectivity index (χ3v) is 3.45. The van der Waals surface area contributed by atoms with E-state index in [1.165, 1.54) is 0 Å². The number of hydrogen-bond acceptors (Lipinski definition) is 2. The molecule has 0 fully saturated rings. The van der Waals surface area contributed by atoms with E-state index < -0.39 is 0 Å². The van der Waals surface area contributed by atoms with Gasteiger partial charge in [-0.3, -0.25) is 4.57 Å². The van der Waals surface area contributed by atoms with E-state index in [0.717, 1.165) is 22.7 Å². The second-order valence-corrected chi connectivity index (χ2v) is 4.79. The van der Waals surface area contributed by atoms with Crippen LogP contribution in [0.3, 0.4) is 0 Å². The summed E-state index contributed by atoms with van der Waals surface area (Å²) >= 11 is 5.39. The molecule has 0 aliphatic rings. The average Bonchev–Trinajstić information content (AvgIpc) is 2.90. The Morgan fingerprint density at radius 3 is 2.35 bits per heavy atom. The number of benzene rings is 2. The highest BCUT2D eigenvalue weighted by Gasteiger charge is 2.05. The Bertz CT molecular complexity index is 757. The molecule has 0 unspecified atom stereocenters. The van der Waals surface area contributed by atoms with Crippen molar-refractivity contribution >= 4 is 12.2 Å². The second kappa shape index (κ2) is 5.35. The summed E-state index contributed by atoms with van der Waals surface area (Å²) in [7, 11) is 1.66. The quantitative estimate of drug-likeness (QED) is 0.729. The zero-order chi connectivity index (χ0) is 13.9. The lowest BCUT2D eigenvalue weighted by atomic mass is 10.1. The van der Waals surface area contributed by atoms with Crippen LogP contribution in [0.15, 0.2) is 60.8 Å². The van der Waals surface area contributed by atoms with Crippen LogP contribution in [0.4, 0.5) is 0 Å². The Morgan fingerprint density at radius 1 is 1.00 bits per heavy atom. The van der Waals surface area contributed by atoms with Gasteiger partial charge in [-0.15, -0.1) is 0 Å². The number of methoxy groups -OCH3 is 1. The standard InChI is InChI=1S/C16H14N2OS/c1-19-14-9-7-12(8-10-14)15-11-18(16(20)17-15)13-5-3-2-4-6-13/h2-11H,1H3,(H,17,20). The van der Waals surface area contributed by atoms with Crippen LogP contribution in [0.1, 0.15) is 0 Å². The Labute approximate surface area is 122 Å². The van der Waals surface area contributed by atoms with E-state index in [1.54, 1.807) is 7.11 Å². The van der Waals surface area contributed by atoms with Gasteiger partial charge in [0, 0.05) is 11.9 Å². The van der Waals surface area contributed by atoms with Gasteiger partial charge in [0.2, 0.25) is 0 Å². The average molecular weight is 282 g/mol. The van der Waals surface area contributed by atoms with Crippen molar-refractivity contribution in [3.63, 3.8) is 0 Å². The Kier molecular flexibility index (Phi) is 3.39. The highest BCUT2D eigenvalue weighted by atomic mass is 32.1. The van der Waals surface area contributed by atoms with Gasteiger partial charge in [0.1, 0.15) is 5.75 Å². The Morgan fingerprint density at radius 2 is 1.70 bits per heavy atom. The molecule has 0 aliphatic carbocycles. The van der Waals surface area contributed by atoms with Crippen LogP contribution in [-0.2, 0) is 0 Å². The number of aromatic amines is 1. The van der Waals surface area contributed by atoms with Gasteiger partial charge in [-0.05, 0) is 54.2 Å². The van der Waals surface area contributed by atoms with Crippen LogP contribution in [0.2, 0.25) is 0 Å². The molecule has 0 spiro atoms. The number of hydrogen-bond donors (Lipinski definition) is 1. The summed E-state index contributed by atoms with van der Waals surface area (Å²) in [4.78, 5) is 3.23. The fourth-order valence-corrected chi connectivity index (χ4v) is 2.36. The van der Waals surface area contributed by atoms with Gasteiger partial charge < -0.3 is 9.72 Å². The third-order valence-electron chi connectivity index (χ3n) is 3.15. The first kappa shape index (κ1) is 12.7. The first-order chi connectivity index (χ1) is 9.78. The fraction of sp³-hybridized carbons (Fsp3) is 0.0625. The van der Waals surface area contributed by atoms with E-state index in [-0.39, 0.29) is 0 Å².